The number of rotatable bonds is 5. The summed E-state index contributed by atoms with van der Waals surface area (Å²) in [5.74, 6) is 0.273. The highest BCUT2D eigenvalue weighted by Gasteiger charge is 2.11. The number of hydrogen-bond acceptors (Lipinski definition) is 3. The Morgan fingerprint density at radius 3 is 2.94 bits per heavy atom. The maximum atomic E-state index is 12.1. The fourth-order valence-corrected chi connectivity index (χ4v) is 1.60. The topological polar surface area (TPSA) is 69.8 Å². The van der Waals surface area contributed by atoms with Gasteiger partial charge >= 0.3 is 0 Å². The van der Waals surface area contributed by atoms with Gasteiger partial charge in [-0.15, -0.1) is 0 Å². The first-order valence-electron chi connectivity index (χ1n) is 5.95. The molecule has 5 nitrogen and oxygen atoms in total. The van der Waals surface area contributed by atoms with Crippen molar-refractivity contribution in [1.29, 1.82) is 0 Å². The van der Waals surface area contributed by atoms with Gasteiger partial charge in [-0.25, -0.2) is 4.98 Å². The number of carbonyl (C=O) groups is 1. The molecule has 2 rings (SSSR count). The third kappa shape index (κ3) is 2.88. The van der Waals surface area contributed by atoms with E-state index in [1.807, 2.05) is 18.2 Å². The minimum atomic E-state index is -0.177. The fourth-order valence-electron chi connectivity index (χ4n) is 1.60. The Hall–Kier alpha value is -2.30. The second-order valence-corrected chi connectivity index (χ2v) is 3.86. The molecule has 2 aromatic rings. The molecule has 0 spiro atoms. The number of nitrogens with one attached hydrogen (secondary N) is 3. The average molecular weight is 244 g/mol. The van der Waals surface area contributed by atoms with Gasteiger partial charge in [0.1, 0.15) is 0 Å². The van der Waals surface area contributed by atoms with Crippen molar-refractivity contribution in [2.45, 2.75) is 13.3 Å². The number of amides is 1. The Labute approximate surface area is 106 Å². The number of nitrogens with zero attached hydrogens (tertiary/aromatic N) is 1. The van der Waals surface area contributed by atoms with Gasteiger partial charge in [0, 0.05) is 24.6 Å². The predicted octanol–water partition coefficient (Wildman–Crippen LogP) is 2.48. The minimum absolute atomic E-state index is 0.177. The number of imidazole rings is 1. The molecule has 94 valence electrons. The summed E-state index contributed by atoms with van der Waals surface area (Å²) in [5.41, 5.74) is 1.45. The van der Waals surface area contributed by atoms with E-state index < -0.39 is 0 Å². The molecule has 0 atom stereocenters. The number of para-hydroxylation sites is 1. The monoisotopic (exact) mass is 244 g/mol. The summed E-state index contributed by atoms with van der Waals surface area (Å²) in [6.07, 6.45) is 4.27. The lowest BCUT2D eigenvalue weighted by molar-refractivity contribution is 0.102. The standard InChI is InChI=1S/C13H16N4O/c1-2-7-14-11-6-4-3-5-10(11)12(18)17-13-15-8-9-16-13/h3-6,8-9,14H,2,7H2,1H3,(H2,15,16,17,18). The van der Waals surface area contributed by atoms with Crippen molar-refractivity contribution >= 4 is 17.5 Å². The van der Waals surface area contributed by atoms with Crippen molar-refractivity contribution in [3.63, 3.8) is 0 Å². The van der Waals surface area contributed by atoms with Crippen molar-refractivity contribution in [3.8, 4) is 0 Å². The molecule has 0 fully saturated rings. The van der Waals surface area contributed by atoms with E-state index >= 15 is 0 Å². The minimum Gasteiger partial charge on any atom is -0.384 e. The highest BCUT2D eigenvalue weighted by atomic mass is 16.1. The Kier molecular flexibility index (Phi) is 3.96. The van der Waals surface area contributed by atoms with Gasteiger partial charge in [-0.05, 0) is 18.6 Å². The lowest BCUT2D eigenvalue weighted by Gasteiger charge is -2.10. The number of aromatic nitrogens is 2. The summed E-state index contributed by atoms with van der Waals surface area (Å²) in [6, 6.07) is 7.43. The zero-order valence-electron chi connectivity index (χ0n) is 10.2. The Balaban J connectivity index is 2.13. The van der Waals surface area contributed by atoms with Gasteiger partial charge in [-0.1, -0.05) is 19.1 Å². The van der Waals surface area contributed by atoms with Crippen LogP contribution in [0.4, 0.5) is 11.6 Å². The summed E-state index contributed by atoms with van der Waals surface area (Å²) in [6.45, 7) is 2.92. The second kappa shape index (κ2) is 5.86. The van der Waals surface area contributed by atoms with Gasteiger partial charge in [-0.3, -0.25) is 10.1 Å². The molecular weight excluding hydrogens is 228 g/mol. The van der Waals surface area contributed by atoms with E-state index in [1.165, 1.54) is 0 Å². The zero-order chi connectivity index (χ0) is 12.8. The van der Waals surface area contributed by atoms with E-state index in [-0.39, 0.29) is 5.91 Å². The molecule has 1 heterocycles. The highest BCUT2D eigenvalue weighted by Crippen LogP contribution is 2.16. The molecule has 0 unspecified atom stereocenters. The van der Waals surface area contributed by atoms with Gasteiger partial charge in [0.25, 0.3) is 5.91 Å². The quantitative estimate of drug-likeness (QED) is 0.756. The van der Waals surface area contributed by atoms with Crippen LogP contribution in [-0.2, 0) is 0 Å². The number of H-pyrrole nitrogens is 1. The summed E-state index contributed by atoms with van der Waals surface area (Å²) in [5, 5.41) is 5.94. The van der Waals surface area contributed by atoms with Crippen LogP contribution in [0.25, 0.3) is 0 Å². The Morgan fingerprint density at radius 1 is 1.39 bits per heavy atom. The molecule has 0 aliphatic carbocycles. The average Bonchev–Trinajstić information content (AvgIpc) is 2.89. The maximum absolute atomic E-state index is 12.1. The lowest BCUT2D eigenvalue weighted by Crippen LogP contribution is -2.15. The summed E-state index contributed by atoms with van der Waals surface area (Å²) >= 11 is 0. The normalized spacial score (nSPS) is 10.1. The first kappa shape index (κ1) is 12.2. The van der Waals surface area contributed by atoms with Crippen molar-refractivity contribution < 1.29 is 4.79 Å². The van der Waals surface area contributed by atoms with Crippen molar-refractivity contribution in [2.75, 3.05) is 17.2 Å². The van der Waals surface area contributed by atoms with E-state index in [0.717, 1.165) is 18.7 Å². The van der Waals surface area contributed by atoms with Crippen molar-refractivity contribution in [1.82, 2.24) is 9.97 Å². The molecule has 1 aromatic carbocycles. The largest absolute Gasteiger partial charge is 0.384 e. The molecule has 18 heavy (non-hydrogen) atoms. The van der Waals surface area contributed by atoms with Crippen molar-refractivity contribution in [2.24, 2.45) is 0 Å². The van der Waals surface area contributed by atoms with Crippen LogP contribution in [0, 0.1) is 0 Å². The Morgan fingerprint density at radius 2 is 2.22 bits per heavy atom. The van der Waals surface area contributed by atoms with E-state index in [2.05, 4.69) is 27.5 Å². The molecule has 3 N–H and O–H groups in total. The molecule has 0 aliphatic heterocycles. The summed E-state index contributed by atoms with van der Waals surface area (Å²) < 4.78 is 0. The number of anilines is 2. The zero-order valence-corrected chi connectivity index (χ0v) is 10.2. The number of hydrogen-bond donors (Lipinski definition) is 3. The molecule has 0 radical (unpaired) electrons. The van der Waals surface area contributed by atoms with E-state index in [4.69, 9.17) is 0 Å². The molecule has 1 aromatic heterocycles. The van der Waals surface area contributed by atoms with Crippen LogP contribution in [-0.4, -0.2) is 22.4 Å². The number of carbonyl (C=O) groups excluding carboxylic acids is 1. The molecule has 0 bridgehead atoms. The van der Waals surface area contributed by atoms with E-state index in [1.54, 1.807) is 18.5 Å². The van der Waals surface area contributed by atoms with Crippen LogP contribution in [0.5, 0.6) is 0 Å². The maximum Gasteiger partial charge on any atom is 0.260 e. The number of aromatic amines is 1. The first-order valence-corrected chi connectivity index (χ1v) is 5.95. The van der Waals surface area contributed by atoms with Crippen LogP contribution in [0.1, 0.15) is 23.7 Å². The van der Waals surface area contributed by atoms with Crippen LogP contribution in [0.15, 0.2) is 36.7 Å². The lowest BCUT2D eigenvalue weighted by atomic mass is 10.1. The molecular formula is C13H16N4O. The third-order valence-electron chi connectivity index (χ3n) is 2.47. The van der Waals surface area contributed by atoms with Crippen LogP contribution in [0.2, 0.25) is 0 Å². The number of benzene rings is 1. The molecule has 0 saturated carbocycles. The van der Waals surface area contributed by atoms with Gasteiger partial charge in [0.05, 0.1) is 5.56 Å². The fraction of sp³-hybridized carbons (Fsp3) is 0.231. The van der Waals surface area contributed by atoms with Crippen molar-refractivity contribution in [3.05, 3.63) is 42.2 Å². The van der Waals surface area contributed by atoms with Crippen LogP contribution in [0.3, 0.4) is 0 Å². The molecule has 0 saturated heterocycles. The van der Waals surface area contributed by atoms with Gasteiger partial charge in [-0.2, -0.15) is 0 Å². The van der Waals surface area contributed by atoms with Gasteiger partial charge in [0.2, 0.25) is 5.95 Å². The van der Waals surface area contributed by atoms with Crippen LogP contribution >= 0.6 is 0 Å². The second-order valence-electron chi connectivity index (χ2n) is 3.86. The predicted molar refractivity (Wildman–Crippen MR) is 71.8 cm³/mol. The molecule has 1 amide bonds. The molecule has 0 aliphatic rings. The van der Waals surface area contributed by atoms with E-state index in [9.17, 15) is 4.79 Å². The van der Waals surface area contributed by atoms with Crippen LogP contribution < -0.4 is 10.6 Å². The third-order valence-corrected chi connectivity index (χ3v) is 2.47. The Bertz CT molecular complexity index is 507. The van der Waals surface area contributed by atoms with E-state index in [0.29, 0.717) is 11.5 Å². The SMILES string of the molecule is CCCNc1ccccc1C(=O)Nc1ncc[nH]1. The summed E-state index contributed by atoms with van der Waals surface area (Å²) in [7, 11) is 0. The molecule has 5 heteroatoms. The summed E-state index contributed by atoms with van der Waals surface area (Å²) in [4.78, 5) is 18.9. The smallest absolute Gasteiger partial charge is 0.260 e. The highest BCUT2D eigenvalue weighted by molar-refractivity contribution is 6.07. The first-order chi connectivity index (χ1) is 8.81. The van der Waals surface area contributed by atoms with Gasteiger partial charge < -0.3 is 10.3 Å². The van der Waals surface area contributed by atoms with Gasteiger partial charge in [0.15, 0.2) is 0 Å².